The predicted octanol–water partition coefficient (Wildman–Crippen LogP) is 1.49. The predicted molar refractivity (Wildman–Crippen MR) is 104 cm³/mol. The highest BCUT2D eigenvalue weighted by molar-refractivity contribution is 7.89. The Balaban J connectivity index is 1.75. The number of hydrogen-bond acceptors (Lipinski definition) is 6. The van der Waals surface area contributed by atoms with Gasteiger partial charge in [-0.15, -0.1) is 0 Å². The second-order valence-electron chi connectivity index (χ2n) is 7.22. The molecule has 150 valence electrons. The SMILES string of the molecule is O=S1(=O)c2ccccc2O[C@@H]2CCN(CCO)CC[C@H]2N1Cc1cccnc1. The van der Waals surface area contributed by atoms with E-state index in [4.69, 9.17) is 4.74 Å². The van der Waals surface area contributed by atoms with Crippen LogP contribution in [0, 0.1) is 0 Å². The number of likely N-dealkylation sites (tertiary alicyclic amines) is 1. The maximum Gasteiger partial charge on any atom is 0.247 e. The molecule has 2 atom stereocenters. The number of aliphatic hydroxyl groups is 1. The van der Waals surface area contributed by atoms with Gasteiger partial charge in [-0.05, 0) is 43.1 Å². The van der Waals surface area contributed by atoms with Crippen LogP contribution in [0.5, 0.6) is 5.75 Å². The van der Waals surface area contributed by atoms with Crippen LogP contribution < -0.4 is 4.74 Å². The maximum absolute atomic E-state index is 13.6. The Morgan fingerprint density at radius 2 is 1.96 bits per heavy atom. The minimum atomic E-state index is -3.72. The molecule has 1 fully saturated rings. The quantitative estimate of drug-likeness (QED) is 0.833. The number of β-amino-alcohol motifs (C(OH)–C–C–N with tert-alkyl or cyclic N) is 1. The van der Waals surface area contributed by atoms with E-state index < -0.39 is 10.0 Å². The standard InChI is InChI=1S/C20H25N3O4S/c24-13-12-22-10-7-17-18(8-11-22)27-19-5-1-2-6-20(19)28(25,26)23(17)15-16-4-3-9-21-14-16/h1-6,9,14,17-18,24H,7-8,10-13,15H2/t17-,18-/m1/s1. The van der Waals surface area contributed by atoms with Crippen LogP contribution in [0.25, 0.3) is 0 Å². The Bertz CT molecular complexity index is 907. The Morgan fingerprint density at radius 3 is 2.75 bits per heavy atom. The van der Waals surface area contributed by atoms with Gasteiger partial charge in [0.2, 0.25) is 10.0 Å². The summed E-state index contributed by atoms with van der Waals surface area (Å²) in [7, 11) is -3.72. The van der Waals surface area contributed by atoms with Crippen molar-refractivity contribution in [3.05, 3.63) is 54.4 Å². The van der Waals surface area contributed by atoms with Gasteiger partial charge in [0.05, 0.1) is 12.6 Å². The van der Waals surface area contributed by atoms with Crippen molar-refractivity contribution in [1.82, 2.24) is 14.2 Å². The maximum atomic E-state index is 13.6. The molecule has 28 heavy (non-hydrogen) atoms. The van der Waals surface area contributed by atoms with Gasteiger partial charge in [-0.25, -0.2) is 8.42 Å². The molecule has 3 heterocycles. The number of aromatic nitrogens is 1. The summed E-state index contributed by atoms with van der Waals surface area (Å²) < 4.78 is 35.0. The number of nitrogens with zero attached hydrogens (tertiary/aromatic N) is 3. The summed E-state index contributed by atoms with van der Waals surface area (Å²) >= 11 is 0. The molecule has 0 radical (unpaired) electrons. The van der Waals surface area contributed by atoms with Crippen molar-refractivity contribution < 1.29 is 18.3 Å². The summed E-state index contributed by atoms with van der Waals surface area (Å²) in [4.78, 5) is 6.52. The first-order valence-corrected chi connectivity index (χ1v) is 11.0. The van der Waals surface area contributed by atoms with Gasteiger partial charge < -0.3 is 14.7 Å². The van der Waals surface area contributed by atoms with Crippen LogP contribution in [0.4, 0.5) is 0 Å². The molecular weight excluding hydrogens is 378 g/mol. The summed E-state index contributed by atoms with van der Waals surface area (Å²) in [5.41, 5.74) is 0.848. The number of sulfonamides is 1. The number of aliphatic hydroxyl groups excluding tert-OH is 1. The molecule has 1 aromatic carbocycles. The topological polar surface area (TPSA) is 83.0 Å². The third kappa shape index (κ3) is 3.77. The largest absolute Gasteiger partial charge is 0.487 e. The van der Waals surface area contributed by atoms with Crippen molar-refractivity contribution in [3.63, 3.8) is 0 Å². The summed E-state index contributed by atoms with van der Waals surface area (Å²) in [5.74, 6) is 0.418. The highest BCUT2D eigenvalue weighted by atomic mass is 32.2. The Hall–Kier alpha value is -2.00. The van der Waals surface area contributed by atoms with Gasteiger partial charge in [0.15, 0.2) is 0 Å². The molecule has 8 heteroatoms. The molecule has 2 aliphatic rings. The van der Waals surface area contributed by atoms with Gasteiger partial charge in [-0.2, -0.15) is 4.31 Å². The van der Waals surface area contributed by atoms with Crippen molar-refractivity contribution in [2.75, 3.05) is 26.2 Å². The molecule has 2 aliphatic heterocycles. The molecule has 0 aliphatic carbocycles. The summed E-state index contributed by atoms with van der Waals surface area (Å²) in [6, 6.07) is 10.3. The number of pyridine rings is 1. The molecule has 0 saturated carbocycles. The van der Waals surface area contributed by atoms with Crippen LogP contribution in [0.2, 0.25) is 0 Å². The van der Waals surface area contributed by atoms with Crippen LogP contribution in [-0.4, -0.2) is 66.1 Å². The molecule has 0 unspecified atom stereocenters. The molecule has 0 amide bonds. The van der Waals surface area contributed by atoms with Gasteiger partial charge in [0.1, 0.15) is 16.7 Å². The molecule has 7 nitrogen and oxygen atoms in total. The van der Waals surface area contributed by atoms with Crippen LogP contribution in [0.3, 0.4) is 0 Å². The van der Waals surface area contributed by atoms with Crippen molar-refractivity contribution in [2.24, 2.45) is 0 Å². The van der Waals surface area contributed by atoms with Crippen LogP contribution in [0.1, 0.15) is 18.4 Å². The Labute approximate surface area is 165 Å². The Morgan fingerprint density at radius 1 is 1.14 bits per heavy atom. The second kappa shape index (κ2) is 8.16. The highest BCUT2D eigenvalue weighted by Crippen LogP contribution is 2.37. The molecule has 4 rings (SSSR count). The van der Waals surface area contributed by atoms with Crippen LogP contribution in [0.15, 0.2) is 53.7 Å². The van der Waals surface area contributed by atoms with E-state index in [-0.39, 0.29) is 30.2 Å². The van der Waals surface area contributed by atoms with E-state index in [0.717, 1.165) is 18.7 Å². The molecule has 1 saturated heterocycles. The fourth-order valence-corrected chi connectivity index (χ4v) is 5.84. The second-order valence-corrected chi connectivity index (χ2v) is 9.08. The summed E-state index contributed by atoms with van der Waals surface area (Å²) in [6.07, 6.45) is 4.51. The molecule has 1 aromatic heterocycles. The van der Waals surface area contributed by atoms with E-state index in [0.29, 0.717) is 25.1 Å². The van der Waals surface area contributed by atoms with Crippen molar-refractivity contribution >= 4 is 10.0 Å². The highest BCUT2D eigenvalue weighted by Gasteiger charge is 2.43. The zero-order valence-electron chi connectivity index (χ0n) is 15.6. The average Bonchev–Trinajstić information content (AvgIpc) is 2.94. The number of hydrogen-bond donors (Lipinski definition) is 1. The van der Waals surface area contributed by atoms with Gasteiger partial charge in [-0.3, -0.25) is 4.98 Å². The molecule has 1 N–H and O–H groups in total. The lowest BCUT2D eigenvalue weighted by Crippen LogP contribution is -2.46. The van der Waals surface area contributed by atoms with Crippen molar-refractivity contribution in [3.8, 4) is 5.75 Å². The number of fused-ring (bicyclic) bond motifs is 2. The minimum Gasteiger partial charge on any atom is -0.487 e. The zero-order valence-corrected chi connectivity index (χ0v) is 16.5. The first-order valence-electron chi connectivity index (χ1n) is 9.59. The van der Waals surface area contributed by atoms with Crippen molar-refractivity contribution in [1.29, 1.82) is 0 Å². The molecule has 2 aromatic rings. The van der Waals surface area contributed by atoms with E-state index in [1.165, 1.54) is 0 Å². The van der Waals surface area contributed by atoms with E-state index in [1.54, 1.807) is 41.0 Å². The van der Waals surface area contributed by atoms with Gasteiger partial charge in [0.25, 0.3) is 0 Å². The zero-order chi connectivity index (χ0) is 19.6. The fraction of sp³-hybridized carbons (Fsp3) is 0.450. The van der Waals surface area contributed by atoms with Gasteiger partial charge in [-0.1, -0.05) is 18.2 Å². The summed E-state index contributed by atoms with van der Waals surface area (Å²) in [6.45, 7) is 2.43. The number of rotatable bonds is 4. The van der Waals surface area contributed by atoms with Crippen molar-refractivity contribution in [2.45, 2.75) is 36.4 Å². The number of benzene rings is 1. The van der Waals surface area contributed by atoms with E-state index in [1.807, 2.05) is 12.1 Å². The normalized spacial score (nSPS) is 25.0. The number of para-hydroxylation sites is 1. The summed E-state index contributed by atoms with van der Waals surface area (Å²) in [5, 5.41) is 9.29. The van der Waals surface area contributed by atoms with Crippen LogP contribution >= 0.6 is 0 Å². The first-order chi connectivity index (χ1) is 13.6. The lowest BCUT2D eigenvalue weighted by atomic mass is 10.1. The monoisotopic (exact) mass is 403 g/mol. The lowest BCUT2D eigenvalue weighted by molar-refractivity contribution is 0.110. The Kier molecular flexibility index (Phi) is 5.63. The smallest absolute Gasteiger partial charge is 0.247 e. The third-order valence-electron chi connectivity index (χ3n) is 5.46. The lowest BCUT2D eigenvalue weighted by Gasteiger charge is -2.31. The van der Waals surface area contributed by atoms with Crippen LogP contribution in [-0.2, 0) is 16.6 Å². The molecule has 0 bridgehead atoms. The molecule has 0 spiro atoms. The molecular formula is C20H25N3O4S. The van der Waals surface area contributed by atoms with Gasteiger partial charge >= 0.3 is 0 Å². The fourth-order valence-electron chi connectivity index (χ4n) is 4.05. The average molecular weight is 404 g/mol. The van der Waals surface area contributed by atoms with E-state index >= 15 is 0 Å². The first kappa shape index (κ1) is 19.3. The third-order valence-corrected chi connectivity index (χ3v) is 7.37. The van der Waals surface area contributed by atoms with E-state index in [2.05, 4.69) is 9.88 Å². The van der Waals surface area contributed by atoms with E-state index in [9.17, 15) is 13.5 Å². The van der Waals surface area contributed by atoms with Gasteiger partial charge in [0, 0.05) is 32.0 Å². The minimum absolute atomic E-state index is 0.0940. The number of ether oxygens (including phenoxy) is 1.